The predicted octanol–water partition coefficient (Wildman–Crippen LogP) is 7.83. The highest BCUT2D eigenvalue weighted by Gasteiger charge is 2.30. The summed E-state index contributed by atoms with van der Waals surface area (Å²) in [5, 5.41) is 0. The van der Waals surface area contributed by atoms with E-state index in [9.17, 15) is 0 Å². The summed E-state index contributed by atoms with van der Waals surface area (Å²) < 4.78 is 5.67. The summed E-state index contributed by atoms with van der Waals surface area (Å²) >= 11 is 0. The average Bonchev–Trinajstić information content (AvgIpc) is 2.76. The third-order valence-electron chi connectivity index (χ3n) is 7.20. The number of benzene rings is 1. The quantitative estimate of drug-likeness (QED) is 0.330. The average molecular weight is 381 g/mol. The first kappa shape index (κ1) is 21.4. The lowest BCUT2D eigenvalue weighted by molar-refractivity contribution is 0.148. The van der Waals surface area contributed by atoms with Crippen molar-refractivity contribution in [3.05, 3.63) is 59.7 Å². The molecule has 2 fully saturated rings. The van der Waals surface area contributed by atoms with Gasteiger partial charge in [-0.15, -0.1) is 0 Å². The molecule has 0 bridgehead atoms. The van der Waals surface area contributed by atoms with Crippen LogP contribution in [0.25, 0.3) is 0 Å². The highest BCUT2D eigenvalue weighted by atomic mass is 16.5. The third-order valence-corrected chi connectivity index (χ3v) is 7.20. The van der Waals surface area contributed by atoms with Gasteiger partial charge in [0.2, 0.25) is 0 Å². The maximum atomic E-state index is 5.67. The van der Waals surface area contributed by atoms with Crippen LogP contribution in [-0.2, 0) is 11.3 Å². The highest BCUT2D eigenvalue weighted by molar-refractivity contribution is 5.25. The smallest absolute Gasteiger partial charge is 0.0721 e. The summed E-state index contributed by atoms with van der Waals surface area (Å²) in [7, 11) is 0. The molecule has 0 atom stereocenters. The predicted molar refractivity (Wildman–Crippen MR) is 120 cm³/mol. The molecule has 0 heterocycles. The second kappa shape index (κ2) is 11.6. The lowest BCUT2D eigenvalue weighted by Crippen LogP contribution is -2.25. The molecular formula is C27H40O. The number of hydrogen-bond donors (Lipinski definition) is 0. The van der Waals surface area contributed by atoms with Gasteiger partial charge in [-0.25, -0.2) is 0 Å². The maximum Gasteiger partial charge on any atom is 0.0721 e. The summed E-state index contributed by atoms with van der Waals surface area (Å²) in [5.74, 6) is 3.75. The van der Waals surface area contributed by atoms with Crippen LogP contribution in [0.5, 0.6) is 0 Å². The van der Waals surface area contributed by atoms with Gasteiger partial charge in [-0.3, -0.25) is 0 Å². The second-order valence-electron chi connectivity index (χ2n) is 9.02. The fourth-order valence-electron chi connectivity index (χ4n) is 5.37. The zero-order valence-corrected chi connectivity index (χ0v) is 18.1. The Bertz CT molecular complexity index is 596. The van der Waals surface area contributed by atoms with Crippen molar-refractivity contribution in [1.29, 1.82) is 0 Å². The van der Waals surface area contributed by atoms with Crippen molar-refractivity contribution < 1.29 is 4.74 Å². The third kappa shape index (κ3) is 6.34. The van der Waals surface area contributed by atoms with Crippen LogP contribution in [-0.4, -0.2) is 6.61 Å². The van der Waals surface area contributed by atoms with E-state index in [-0.39, 0.29) is 0 Å². The maximum absolute atomic E-state index is 5.67. The second-order valence-corrected chi connectivity index (χ2v) is 9.02. The van der Waals surface area contributed by atoms with Crippen LogP contribution in [0.15, 0.2) is 48.6 Å². The monoisotopic (exact) mass is 380 g/mol. The standard InChI is InChI=1S/C27H40O/c1-3-5-7-22-8-12-24(13-9-22)26-16-18-27(19-17-26)25-14-10-23(11-15-25)21-28-20-6-4-2/h3-6,10-11,14-15,22,24,26-27H,7-9,12-13,16-21H2,1-2H3. The minimum absolute atomic E-state index is 0.708. The highest BCUT2D eigenvalue weighted by Crippen LogP contribution is 2.44. The van der Waals surface area contributed by atoms with E-state index in [1.807, 2.05) is 13.0 Å². The Morgan fingerprint density at radius 2 is 1.39 bits per heavy atom. The van der Waals surface area contributed by atoms with Gasteiger partial charge in [0.1, 0.15) is 0 Å². The van der Waals surface area contributed by atoms with E-state index in [1.54, 1.807) is 5.56 Å². The number of rotatable bonds is 8. The normalized spacial score (nSPS) is 28.9. The van der Waals surface area contributed by atoms with Crippen molar-refractivity contribution in [3.8, 4) is 0 Å². The molecule has 3 rings (SSSR count). The Labute approximate surface area is 173 Å². The Kier molecular flexibility index (Phi) is 8.86. The molecule has 0 radical (unpaired) electrons. The summed E-state index contributed by atoms with van der Waals surface area (Å²) in [6, 6.07) is 9.24. The molecule has 2 saturated carbocycles. The van der Waals surface area contributed by atoms with Gasteiger partial charge in [-0.05, 0) is 106 Å². The van der Waals surface area contributed by atoms with Crippen LogP contribution >= 0.6 is 0 Å². The summed E-state index contributed by atoms with van der Waals surface area (Å²) in [6.07, 6.45) is 21.6. The first-order valence-electron chi connectivity index (χ1n) is 11.7. The van der Waals surface area contributed by atoms with Crippen molar-refractivity contribution >= 4 is 0 Å². The Morgan fingerprint density at radius 3 is 2.00 bits per heavy atom. The van der Waals surface area contributed by atoms with Gasteiger partial charge in [-0.2, -0.15) is 0 Å². The van der Waals surface area contributed by atoms with Crippen molar-refractivity contribution in [2.75, 3.05) is 6.61 Å². The molecule has 1 heteroatoms. The fourth-order valence-corrected chi connectivity index (χ4v) is 5.37. The number of ether oxygens (including phenoxy) is 1. The zero-order valence-electron chi connectivity index (χ0n) is 18.1. The molecule has 1 nitrogen and oxygen atoms in total. The Balaban J connectivity index is 1.40. The van der Waals surface area contributed by atoms with Gasteiger partial charge >= 0.3 is 0 Å². The molecule has 1 aromatic rings. The summed E-state index contributed by atoms with van der Waals surface area (Å²) in [6.45, 7) is 5.60. The van der Waals surface area contributed by atoms with Gasteiger partial charge in [-0.1, -0.05) is 48.6 Å². The lowest BCUT2D eigenvalue weighted by Gasteiger charge is -2.38. The molecule has 0 saturated heterocycles. The molecular weight excluding hydrogens is 340 g/mol. The van der Waals surface area contributed by atoms with Crippen molar-refractivity contribution in [2.45, 2.75) is 84.2 Å². The molecule has 1 aromatic carbocycles. The number of allylic oxidation sites excluding steroid dienone is 3. The SMILES string of the molecule is CC=CCOCc1ccc(C2CCC(C3CCC(CC=CC)CC3)CC2)cc1. The van der Waals surface area contributed by atoms with E-state index in [1.165, 1.54) is 63.4 Å². The van der Waals surface area contributed by atoms with Crippen molar-refractivity contribution in [3.63, 3.8) is 0 Å². The molecule has 28 heavy (non-hydrogen) atoms. The molecule has 0 amide bonds. The van der Waals surface area contributed by atoms with Crippen LogP contribution in [0.1, 0.15) is 88.7 Å². The Hall–Kier alpha value is -1.34. The summed E-state index contributed by atoms with van der Waals surface area (Å²) in [4.78, 5) is 0. The van der Waals surface area contributed by atoms with Crippen LogP contribution in [0.2, 0.25) is 0 Å². The van der Waals surface area contributed by atoms with Crippen LogP contribution in [0, 0.1) is 17.8 Å². The van der Waals surface area contributed by atoms with Crippen molar-refractivity contribution in [2.24, 2.45) is 17.8 Å². The van der Waals surface area contributed by atoms with Crippen LogP contribution < -0.4 is 0 Å². The Morgan fingerprint density at radius 1 is 0.786 bits per heavy atom. The largest absolute Gasteiger partial charge is 0.373 e. The first-order valence-corrected chi connectivity index (χ1v) is 11.7. The zero-order chi connectivity index (χ0) is 19.6. The lowest BCUT2D eigenvalue weighted by atomic mass is 9.68. The van der Waals surface area contributed by atoms with Gasteiger partial charge in [0.05, 0.1) is 13.2 Å². The summed E-state index contributed by atoms with van der Waals surface area (Å²) in [5.41, 5.74) is 2.84. The first-order chi connectivity index (χ1) is 13.8. The van der Waals surface area contributed by atoms with Crippen LogP contribution in [0.4, 0.5) is 0 Å². The molecule has 154 valence electrons. The van der Waals surface area contributed by atoms with Gasteiger partial charge in [0.25, 0.3) is 0 Å². The van der Waals surface area contributed by atoms with E-state index in [0.717, 1.165) is 23.7 Å². The molecule has 0 N–H and O–H groups in total. The molecule has 0 spiro atoms. The van der Waals surface area contributed by atoms with E-state index < -0.39 is 0 Å². The fraction of sp³-hybridized carbons (Fsp3) is 0.630. The molecule has 2 aliphatic rings. The molecule has 2 aliphatic carbocycles. The minimum Gasteiger partial charge on any atom is -0.373 e. The number of hydrogen-bond acceptors (Lipinski definition) is 1. The topological polar surface area (TPSA) is 9.23 Å². The van der Waals surface area contributed by atoms with E-state index in [4.69, 9.17) is 4.74 Å². The molecule has 0 unspecified atom stereocenters. The van der Waals surface area contributed by atoms with E-state index in [0.29, 0.717) is 13.2 Å². The molecule has 0 aromatic heterocycles. The van der Waals surface area contributed by atoms with Gasteiger partial charge in [0, 0.05) is 0 Å². The van der Waals surface area contributed by atoms with Gasteiger partial charge in [0.15, 0.2) is 0 Å². The van der Waals surface area contributed by atoms with Crippen molar-refractivity contribution in [1.82, 2.24) is 0 Å². The van der Waals surface area contributed by atoms with Gasteiger partial charge < -0.3 is 4.74 Å². The van der Waals surface area contributed by atoms with E-state index >= 15 is 0 Å². The van der Waals surface area contributed by atoms with Crippen LogP contribution in [0.3, 0.4) is 0 Å². The van der Waals surface area contributed by atoms with E-state index in [2.05, 4.69) is 49.4 Å². The molecule has 0 aliphatic heterocycles. The minimum atomic E-state index is 0.708.